The van der Waals surface area contributed by atoms with Crippen LogP contribution in [-0.2, 0) is 0 Å². The molecule has 0 aliphatic carbocycles. The van der Waals surface area contributed by atoms with Crippen molar-refractivity contribution in [1.29, 1.82) is 5.26 Å². The zero-order valence-electron chi connectivity index (χ0n) is 10.5. The number of nitro benzene ring substituents is 1. The number of carbonyl (C=O) groups is 1. The number of carboxylic acids is 1. The first-order chi connectivity index (χ1) is 10.0. The van der Waals surface area contributed by atoms with Crippen LogP contribution in [0.5, 0.6) is 11.5 Å². The van der Waals surface area contributed by atoms with Crippen LogP contribution in [0, 0.1) is 21.4 Å². The van der Waals surface area contributed by atoms with Crippen molar-refractivity contribution < 1.29 is 19.6 Å². The summed E-state index contributed by atoms with van der Waals surface area (Å²) in [6, 6.07) is 11.5. The molecule has 0 atom stereocenters. The summed E-state index contributed by atoms with van der Waals surface area (Å²) >= 11 is 0. The summed E-state index contributed by atoms with van der Waals surface area (Å²) in [6.45, 7) is 0. The molecule has 0 heterocycles. The highest BCUT2D eigenvalue weighted by Crippen LogP contribution is 2.35. The molecule has 2 aromatic rings. The van der Waals surface area contributed by atoms with Crippen LogP contribution in [0.3, 0.4) is 0 Å². The van der Waals surface area contributed by atoms with Gasteiger partial charge in [-0.1, -0.05) is 18.2 Å². The van der Waals surface area contributed by atoms with Crippen molar-refractivity contribution >= 4 is 11.7 Å². The summed E-state index contributed by atoms with van der Waals surface area (Å²) in [7, 11) is 0. The topological polar surface area (TPSA) is 113 Å². The van der Waals surface area contributed by atoms with Gasteiger partial charge in [0.2, 0.25) is 5.75 Å². The Labute approximate surface area is 118 Å². The Balaban J connectivity index is 2.60. The highest BCUT2D eigenvalue weighted by Gasteiger charge is 2.24. The van der Waals surface area contributed by atoms with Crippen molar-refractivity contribution in [2.24, 2.45) is 0 Å². The molecule has 2 rings (SSSR count). The van der Waals surface area contributed by atoms with E-state index in [1.807, 2.05) is 6.07 Å². The predicted molar refractivity (Wildman–Crippen MR) is 71.3 cm³/mol. The fraction of sp³-hybridized carbons (Fsp3) is 0. The zero-order chi connectivity index (χ0) is 15.4. The number of rotatable bonds is 4. The van der Waals surface area contributed by atoms with Crippen molar-refractivity contribution in [1.82, 2.24) is 0 Å². The minimum Gasteiger partial charge on any atom is -0.478 e. The molecule has 0 bridgehead atoms. The lowest BCUT2D eigenvalue weighted by Crippen LogP contribution is -2.03. The monoisotopic (exact) mass is 284 g/mol. The molecule has 0 aliphatic rings. The van der Waals surface area contributed by atoms with Gasteiger partial charge >= 0.3 is 11.7 Å². The molecule has 7 heteroatoms. The molecule has 1 N–H and O–H groups in total. The van der Waals surface area contributed by atoms with Gasteiger partial charge in [-0.2, -0.15) is 5.26 Å². The molecule has 21 heavy (non-hydrogen) atoms. The number of ether oxygens (including phenoxy) is 1. The predicted octanol–water partition coefficient (Wildman–Crippen LogP) is 2.96. The van der Waals surface area contributed by atoms with Crippen LogP contribution in [0.2, 0.25) is 0 Å². The van der Waals surface area contributed by atoms with Crippen molar-refractivity contribution in [3.8, 4) is 17.6 Å². The van der Waals surface area contributed by atoms with Gasteiger partial charge in [0.05, 0.1) is 10.5 Å². The van der Waals surface area contributed by atoms with E-state index >= 15 is 0 Å². The minimum atomic E-state index is -1.36. The van der Waals surface area contributed by atoms with E-state index < -0.39 is 22.3 Å². The molecule has 0 radical (unpaired) electrons. The summed E-state index contributed by atoms with van der Waals surface area (Å²) in [5.41, 5.74) is -0.688. The van der Waals surface area contributed by atoms with E-state index in [0.29, 0.717) is 0 Å². The van der Waals surface area contributed by atoms with Crippen LogP contribution in [0.1, 0.15) is 15.9 Å². The van der Waals surface area contributed by atoms with Crippen LogP contribution in [0.25, 0.3) is 0 Å². The smallest absolute Gasteiger partial charge is 0.339 e. The Morgan fingerprint density at radius 3 is 2.57 bits per heavy atom. The molecule has 0 aliphatic heterocycles. The van der Waals surface area contributed by atoms with Crippen LogP contribution in [0.15, 0.2) is 42.5 Å². The number of para-hydroxylation sites is 2. The first kappa shape index (κ1) is 14.0. The molecule has 104 valence electrons. The first-order valence-corrected chi connectivity index (χ1v) is 5.72. The van der Waals surface area contributed by atoms with E-state index in [-0.39, 0.29) is 16.9 Å². The van der Waals surface area contributed by atoms with Gasteiger partial charge in [0.15, 0.2) is 0 Å². The Kier molecular flexibility index (Phi) is 3.81. The zero-order valence-corrected chi connectivity index (χ0v) is 10.5. The van der Waals surface area contributed by atoms with E-state index in [0.717, 1.165) is 6.07 Å². The molecule has 2 aromatic carbocycles. The maximum atomic E-state index is 11.2. The summed E-state index contributed by atoms with van der Waals surface area (Å²) in [6.07, 6.45) is 0. The molecule has 0 spiro atoms. The second-order valence-corrected chi connectivity index (χ2v) is 3.93. The van der Waals surface area contributed by atoms with Gasteiger partial charge in [-0.15, -0.1) is 0 Å². The quantitative estimate of drug-likeness (QED) is 0.682. The number of hydrogen-bond acceptors (Lipinski definition) is 5. The number of carboxylic acid groups (broad SMARTS) is 1. The fourth-order valence-corrected chi connectivity index (χ4v) is 1.70. The molecular formula is C14H8N2O5. The van der Waals surface area contributed by atoms with Gasteiger partial charge in [0.25, 0.3) is 0 Å². The van der Waals surface area contributed by atoms with E-state index in [4.69, 9.17) is 15.1 Å². The lowest BCUT2D eigenvalue weighted by molar-refractivity contribution is -0.385. The molecule has 0 saturated heterocycles. The fourth-order valence-electron chi connectivity index (χ4n) is 1.70. The van der Waals surface area contributed by atoms with Gasteiger partial charge in [0, 0.05) is 6.07 Å². The number of nitriles is 1. The number of aromatic carboxylic acids is 1. The molecule has 7 nitrogen and oxygen atoms in total. The summed E-state index contributed by atoms with van der Waals surface area (Å²) in [4.78, 5) is 21.4. The minimum absolute atomic E-state index is 0.0526. The standard InChI is InChI=1S/C14H8N2O5/c15-8-9-4-1-2-7-12(9)21-13-10(14(17)18)5-3-6-11(13)16(19)20/h1-7H,(H,17,18). The molecule has 0 unspecified atom stereocenters. The van der Waals surface area contributed by atoms with Crippen molar-refractivity contribution in [3.05, 3.63) is 63.7 Å². The lowest BCUT2D eigenvalue weighted by atomic mass is 10.1. The average Bonchev–Trinajstić information content (AvgIpc) is 2.47. The van der Waals surface area contributed by atoms with Gasteiger partial charge in [-0.3, -0.25) is 10.1 Å². The molecule has 0 saturated carbocycles. The van der Waals surface area contributed by atoms with Gasteiger partial charge in [-0.25, -0.2) is 4.79 Å². The SMILES string of the molecule is N#Cc1ccccc1Oc1c(C(=O)O)cccc1[N+](=O)[O-]. The van der Waals surface area contributed by atoms with Gasteiger partial charge in [0.1, 0.15) is 17.4 Å². The first-order valence-electron chi connectivity index (χ1n) is 5.72. The van der Waals surface area contributed by atoms with E-state index in [9.17, 15) is 14.9 Å². The maximum absolute atomic E-state index is 11.2. The summed E-state index contributed by atoms with van der Waals surface area (Å²) < 4.78 is 5.34. The highest BCUT2D eigenvalue weighted by atomic mass is 16.6. The van der Waals surface area contributed by atoms with Crippen molar-refractivity contribution in [3.63, 3.8) is 0 Å². The second kappa shape index (κ2) is 5.71. The second-order valence-electron chi connectivity index (χ2n) is 3.93. The van der Waals surface area contributed by atoms with Crippen LogP contribution >= 0.6 is 0 Å². The number of nitrogens with zero attached hydrogens (tertiary/aromatic N) is 2. The molecule has 0 aromatic heterocycles. The third-order valence-corrected chi connectivity index (χ3v) is 2.64. The van der Waals surface area contributed by atoms with Crippen LogP contribution in [0.4, 0.5) is 5.69 Å². The van der Waals surface area contributed by atoms with Gasteiger partial charge < -0.3 is 9.84 Å². The third kappa shape index (κ3) is 2.79. The Morgan fingerprint density at radius 1 is 1.24 bits per heavy atom. The van der Waals surface area contributed by atoms with Crippen molar-refractivity contribution in [2.45, 2.75) is 0 Å². The van der Waals surface area contributed by atoms with Crippen LogP contribution in [-0.4, -0.2) is 16.0 Å². The highest BCUT2D eigenvalue weighted by molar-refractivity contribution is 5.92. The Bertz CT molecular complexity index is 732. The molecule has 0 fully saturated rings. The average molecular weight is 284 g/mol. The van der Waals surface area contributed by atoms with Crippen molar-refractivity contribution in [2.75, 3.05) is 0 Å². The normalized spacial score (nSPS) is 9.67. The summed E-state index contributed by atoms with van der Waals surface area (Å²) in [5, 5.41) is 29.1. The summed E-state index contributed by atoms with van der Waals surface area (Å²) in [5.74, 6) is -1.71. The number of hydrogen-bond donors (Lipinski definition) is 1. The van der Waals surface area contributed by atoms with E-state index in [1.54, 1.807) is 12.1 Å². The van der Waals surface area contributed by atoms with E-state index in [2.05, 4.69) is 0 Å². The number of nitro groups is 1. The molecular weight excluding hydrogens is 276 g/mol. The van der Waals surface area contributed by atoms with Crippen LogP contribution < -0.4 is 4.74 Å². The third-order valence-electron chi connectivity index (χ3n) is 2.64. The largest absolute Gasteiger partial charge is 0.478 e. The molecule has 0 amide bonds. The maximum Gasteiger partial charge on any atom is 0.339 e. The lowest BCUT2D eigenvalue weighted by Gasteiger charge is -2.10. The van der Waals surface area contributed by atoms with Gasteiger partial charge in [-0.05, 0) is 18.2 Å². The number of benzene rings is 2. The Hall–Kier alpha value is -3.40. The van der Waals surface area contributed by atoms with E-state index in [1.165, 1.54) is 24.3 Å². The Morgan fingerprint density at radius 2 is 1.95 bits per heavy atom.